The number of anilines is 1. The fourth-order valence-corrected chi connectivity index (χ4v) is 3.31. The van der Waals surface area contributed by atoms with Crippen molar-refractivity contribution in [2.24, 2.45) is 0 Å². The summed E-state index contributed by atoms with van der Waals surface area (Å²) in [6, 6.07) is 14.5. The number of likely N-dealkylation sites (tertiary alicyclic amines) is 1. The smallest absolute Gasteiger partial charge is 0.221 e. The first-order chi connectivity index (χ1) is 13.5. The summed E-state index contributed by atoms with van der Waals surface area (Å²) in [6.45, 7) is 3.71. The Morgan fingerprint density at radius 1 is 1.28 bits per heavy atom. The number of amides is 1. The zero-order valence-electron chi connectivity index (χ0n) is 16.2. The number of carbonyl (C=O) groups excluding carboxylic acids is 1. The number of carbonyl (C=O) groups is 1. The first-order valence-corrected chi connectivity index (χ1v) is 9.69. The topological polar surface area (TPSA) is 71.0 Å². The van der Waals surface area contributed by atoms with Crippen LogP contribution >= 0.6 is 24.0 Å². The SMILES string of the molecule is CC(=O)Nc1ccccc1OC[C@@H](O)CN1CC[C@H](Oc2ccc(Cl)cc2)C1.Cl. The summed E-state index contributed by atoms with van der Waals surface area (Å²) >= 11 is 5.89. The molecule has 158 valence electrons. The molecule has 1 fully saturated rings. The van der Waals surface area contributed by atoms with Crippen LogP contribution in [0.3, 0.4) is 0 Å². The molecule has 1 amide bonds. The Morgan fingerprint density at radius 3 is 2.72 bits per heavy atom. The predicted molar refractivity (Wildman–Crippen MR) is 116 cm³/mol. The van der Waals surface area contributed by atoms with Gasteiger partial charge >= 0.3 is 0 Å². The van der Waals surface area contributed by atoms with Gasteiger partial charge in [0, 0.05) is 31.6 Å². The summed E-state index contributed by atoms with van der Waals surface area (Å²) < 4.78 is 11.7. The van der Waals surface area contributed by atoms with Crippen LogP contribution in [0.4, 0.5) is 5.69 Å². The number of hydrogen-bond donors (Lipinski definition) is 2. The molecular weight excluding hydrogens is 415 g/mol. The highest BCUT2D eigenvalue weighted by Gasteiger charge is 2.25. The highest BCUT2D eigenvalue weighted by Crippen LogP contribution is 2.24. The van der Waals surface area contributed by atoms with Gasteiger partial charge in [0.1, 0.15) is 30.3 Å². The minimum Gasteiger partial charge on any atom is -0.489 e. The number of nitrogens with zero attached hydrogens (tertiary/aromatic N) is 1. The minimum absolute atomic E-state index is 0. The van der Waals surface area contributed by atoms with Gasteiger partial charge in [0.2, 0.25) is 5.91 Å². The maximum absolute atomic E-state index is 11.3. The molecule has 2 N–H and O–H groups in total. The van der Waals surface area contributed by atoms with E-state index in [1.807, 2.05) is 36.4 Å². The molecule has 8 heteroatoms. The molecule has 0 saturated carbocycles. The Kier molecular flexibility index (Phi) is 9.04. The summed E-state index contributed by atoms with van der Waals surface area (Å²) in [5.41, 5.74) is 0.597. The summed E-state index contributed by atoms with van der Waals surface area (Å²) in [6.07, 6.45) is 0.358. The zero-order valence-corrected chi connectivity index (χ0v) is 17.8. The number of rotatable bonds is 8. The van der Waals surface area contributed by atoms with Crippen LogP contribution < -0.4 is 14.8 Å². The number of nitrogens with one attached hydrogen (secondary N) is 1. The molecule has 1 heterocycles. The molecule has 1 aliphatic heterocycles. The van der Waals surface area contributed by atoms with Crippen LogP contribution in [0, 0.1) is 0 Å². The first kappa shape index (κ1) is 23.3. The van der Waals surface area contributed by atoms with Gasteiger partial charge in [-0.3, -0.25) is 9.69 Å². The Labute approximate surface area is 182 Å². The summed E-state index contributed by atoms with van der Waals surface area (Å²) in [4.78, 5) is 13.4. The molecule has 2 aromatic carbocycles. The fraction of sp³-hybridized carbons (Fsp3) is 0.381. The molecule has 1 aliphatic rings. The van der Waals surface area contributed by atoms with E-state index >= 15 is 0 Å². The number of hydrogen-bond acceptors (Lipinski definition) is 5. The Morgan fingerprint density at radius 2 is 2.00 bits per heavy atom. The highest BCUT2D eigenvalue weighted by atomic mass is 35.5. The second-order valence-corrected chi connectivity index (χ2v) is 7.32. The van der Waals surface area contributed by atoms with E-state index in [0.717, 1.165) is 25.3 Å². The lowest BCUT2D eigenvalue weighted by atomic mass is 10.3. The number of para-hydroxylation sites is 2. The van der Waals surface area contributed by atoms with Gasteiger partial charge in [-0.15, -0.1) is 12.4 Å². The number of aliphatic hydroxyl groups excluding tert-OH is 1. The molecule has 0 bridgehead atoms. The van der Waals surface area contributed by atoms with Gasteiger partial charge in [0.05, 0.1) is 5.69 Å². The molecule has 0 unspecified atom stereocenters. The Hall–Kier alpha value is -1.99. The van der Waals surface area contributed by atoms with Gasteiger partial charge in [-0.05, 0) is 42.8 Å². The van der Waals surface area contributed by atoms with Crippen LogP contribution in [0.15, 0.2) is 48.5 Å². The number of β-amino-alcohol motifs (C(OH)–C–C–N with tert-alkyl or cyclic N) is 1. The quantitative estimate of drug-likeness (QED) is 0.655. The van der Waals surface area contributed by atoms with E-state index in [0.29, 0.717) is 23.0 Å². The van der Waals surface area contributed by atoms with E-state index in [4.69, 9.17) is 21.1 Å². The highest BCUT2D eigenvalue weighted by molar-refractivity contribution is 6.30. The van der Waals surface area contributed by atoms with Crippen LogP contribution in [0.25, 0.3) is 0 Å². The van der Waals surface area contributed by atoms with Gasteiger partial charge in [0.25, 0.3) is 0 Å². The van der Waals surface area contributed by atoms with Crippen LogP contribution in [0.5, 0.6) is 11.5 Å². The van der Waals surface area contributed by atoms with Crippen LogP contribution in [-0.2, 0) is 4.79 Å². The Balaban J connectivity index is 0.00000300. The second-order valence-electron chi connectivity index (χ2n) is 6.88. The van der Waals surface area contributed by atoms with E-state index < -0.39 is 6.10 Å². The van der Waals surface area contributed by atoms with E-state index in [9.17, 15) is 9.90 Å². The summed E-state index contributed by atoms with van der Waals surface area (Å²) in [5.74, 6) is 1.18. The maximum atomic E-state index is 11.3. The molecule has 2 atom stereocenters. The maximum Gasteiger partial charge on any atom is 0.221 e. The molecule has 0 spiro atoms. The molecule has 3 rings (SSSR count). The average Bonchev–Trinajstić information content (AvgIpc) is 3.09. The van der Waals surface area contributed by atoms with Crippen LogP contribution in [0.2, 0.25) is 5.02 Å². The third-order valence-electron chi connectivity index (χ3n) is 4.44. The molecule has 1 saturated heterocycles. The normalized spacial score (nSPS) is 17.3. The molecular formula is C21H26Cl2N2O4. The van der Waals surface area contributed by atoms with Gasteiger partial charge in [-0.2, -0.15) is 0 Å². The molecule has 2 aromatic rings. The molecule has 6 nitrogen and oxygen atoms in total. The van der Waals surface area contributed by atoms with Gasteiger partial charge < -0.3 is 19.9 Å². The van der Waals surface area contributed by atoms with E-state index in [1.54, 1.807) is 12.1 Å². The van der Waals surface area contributed by atoms with Gasteiger partial charge in [-0.25, -0.2) is 0 Å². The number of aliphatic hydroxyl groups is 1. The van der Waals surface area contributed by atoms with Crippen LogP contribution in [0.1, 0.15) is 13.3 Å². The molecule has 0 aliphatic carbocycles. The van der Waals surface area contributed by atoms with Gasteiger partial charge in [-0.1, -0.05) is 23.7 Å². The lowest BCUT2D eigenvalue weighted by molar-refractivity contribution is -0.114. The standard InChI is InChI=1S/C21H25ClN2O4.ClH/c1-15(25)23-20-4-2-3-5-21(20)27-14-17(26)12-24-11-10-19(13-24)28-18-8-6-16(22)7-9-18;/h2-9,17,19,26H,10-14H2,1H3,(H,23,25);1H/t17-,19-;/m0./s1. The van der Waals surface area contributed by atoms with Crippen molar-refractivity contribution >= 4 is 35.6 Å². The van der Waals surface area contributed by atoms with Crippen molar-refractivity contribution in [2.75, 3.05) is 31.6 Å². The van der Waals surface area contributed by atoms with Crippen molar-refractivity contribution in [3.8, 4) is 11.5 Å². The number of halogens is 2. The Bertz CT molecular complexity index is 789. The van der Waals surface area contributed by atoms with Crippen molar-refractivity contribution in [1.82, 2.24) is 4.90 Å². The number of ether oxygens (including phenoxy) is 2. The van der Waals surface area contributed by atoms with Crippen molar-refractivity contribution in [3.05, 3.63) is 53.6 Å². The minimum atomic E-state index is -0.639. The monoisotopic (exact) mass is 440 g/mol. The van der Waals surface area contributed by atoms with Crippen LogP contribution in [-0.4, -0.2) is 54.4 Å². The second kappa shape index (κ2) is 11.3. The van der Waals surface area contributed by atoms with Crippen molar-refractivity contribution in [2.45, 2.75) is 25.6 Å². The molecule has 29 heavy (non-hydrogen) atoms. The fourth-order valence-electron chi connectivity index (χ4n) is 3.19. The third kappa shape index (κ3) is 7.40. The largest absolute Gasteiger partial charge is 0.489 e. The lowest BCUT2D eigenvalue weighted by Crippen LogP contribution is -2.35. The van der Waals surface area contributed by atoms with E-state index in [1.165, 1.54) is 6.92 Å². The first-order valence-electron chi connectivity index (χ1n) is 9.31. The lowest BCUT2D eigenvalue weighted by Gasteiger charge is -2.21. The van der Waals surface area contributed by atoms with E-state index in [-0.39, 0.29) is 31.0 Å². The molecule has 0 radical (unpaired) electrons. The summed E-state index contributed by atoms with van der Waals surface area (Å²) in [5, 5.41) is 13.7. The zero-order chi connectivity index (χ0) is 19.9. The van der Waals surface area contributed by atoms with Crippen molar-refractivity contribution in [1.29, 1.82) is 0 Å². The van der Waals surface area contributed by atoms with Crippen molar-refractivity contribution in [3.63, 3.8) is 0 Å². The third-order valence-corrected chi connectivity index (χ3v) is 4.70. The van der Waals surface area contributed by atoms with Gasteiger partial charge in [0.15, 0.2) is 0 Å². The predicted octanol–water partition coefficient (Wildman–Crippen LogP) is 3.61. The van der Waals surface area contributed by atoms with Crippen molar-refractivity contribution < 1.29 is 19.4 Å². The van der Waals surface area contributed by atoms with E-state index in [2.05, 4.69) is 10.2 Å². The number of benzene rings is 2. The summed E-state index contributed by atoms with van der Waals surface area (Å²) in [7, 11) is 0. The molecule has 0 aromatic heterocycles. The average molecular weight is 441 g/mol.